The third-order valence-corrected chi connectivity index (χ3v) is 5.46. The lowest BCUT2D eigenvalue weighted by atomic mass is 9.83. The van der Waals surface area contributed by atoms with Crippen LogP contribution < -0.4 is 5.73 Å². The first-order valence-electron chi connectivity index (χ1n) is 8.85. The van der Waals surface area contributed by atoms with Crippen molar-refractivity contribution in [1.82, 2.24) is 14.9 Å². The Morgan fingerprint density at radius 2 is 2.13 bits per heavy atom. The largest absolute Gasteiger partial charge is 0.377 e. The van der Waals surface area contributed by atoms with Crippen LogP contribution in [0.2, 0.25) is 0 Å². The van der Waals surface area contributed by atoms with Crippen LogP contribution in [0.15, 0.2) is 6.20 Å². The summed E-state index contributed by atoms with van der Waals surface area (Å²) in [7, 11) is 0. The molecule has 1 aromatic rings. The van der Waals surface area contributed by atoms with Crippen molar-refractivity contribution in [2.45, 2.75) is 50.2 Å². The molecule has 3 aliphatic rings. The number of likely N-dealkylation sites (tertiary alicyclic amines) is 1. The molecule has 4 rings (SSSR count). The summed E-state index contributed by atoms with van der Waals surface area (Å²) in [6.07, 6.45) is 8.84. The van der Waals surface area contributed by atoms with Crippen LogP contribution in [0.25, 0.3) is 0 Å². The highest BCUT2D eigenvalue weighted by molar-refractivity contribution is 5.32. The van der Waals surface area contributed by atoms with Crippen molar-refractivity contribution in [1.29, 1.82) is 0 Å². The lowest BCUT2D eigenvalue weighted by Gasteiger charge is -2.44. The van der Waals surface area contributed by atoms with Gasteiger partial charge in [0.05, 0.1) is 18.4 Å². The van der Waals surface area contributed by atoms with Gasteiger partial charge in [0.25, 0.3) is 0 Å². The number of nitrogen functional groups attached to an aromatic ring is 1. The lowest BCUT2D eigenvalue weighted by molar-refractivity contribution is -0.107. The first-order chi connectivity index (χ1) is 11.3. The number of hydrogen-bond acceptors (Lipinski definition) is 6. The van der Waals surface area contributed by atoms with Crippen LogP contribution in [-0.2, 0) is 21.5 Å². The van der Waals surface area contributed by atoms with E-state index in [0.29, 0.717) is 12.1 Å². The molecule has 1 aromatic heterocycles. The van der Waals surface area contributed by atoms with Gasteiger partial charge in [-0.15, -0.1) is 0 Å². The van der Waals surface area contributed by atoms with E-state index in [1.165, 1.54) is 24.8 Å². The Morgan fingerprint density at radius 3 is 2.91 bits per heavy atom. The van der Waals surface area contributed by atoms with Crippen LogP contribution in [0.4, 0.5) is 5.95 Å². The van der Waals surface area contributed by atoms with Gasteiger partial charge in [-0.05, 0) is 44.1 Å². The average Bonchev–Trinajstić information content (AvgIpc) is 2.59. The summed E-state index contributed by atoms with van der Waals surface area (Å²) < 4.78 is 12.1. The summed E-state index contributed by atoms with van der Waals surface area (Å²) in [6, 6.07) is 0. The van der Waals surface area contributed by atoms with E-state index in [0.717, 1.165) is 57.8 Å². The number of piperidine rings is 1. The monoisotopic (exact) mass is 318 g/mol. The van der Waals surface area contributed by atoms with Gasteiger partial charge in [-0.2, -0.15) is 0 Å². The van der Waals surface area contributed by atoms with Crippen LogP contribution in [-0.4, -0.2) is 53.8 Å². The predicted octanol–water partition coefficient (Wildman–Crippen LogP) is 1.49. The second-order valence-corrected chi connectivity index (χ2v) is 6.98. The number of anilines is 1. The molecular formula is C17H26N4O2. The molecule has 3 aliphatic heterocycles. The van der Waals surface area contributed by atoms with E-state index in [9.17, 15) is 0 Å². The molecule has 2 fully saturated rings. The van der Waals surface area contributed by atoms with E-state index in [2.05, 4.69) is 14.9 Å². The van der Waals surface area contributed by atoms with Crippen molar-refractivity contribution in [3.63, 3.8) is 0 Å². The predicted molar refractivity (Wildman–Crippen MR) is 87.0 cm³/mol. The maximum atomic E-state index is 6.22. The third-order valence-electron chi connectivity index (χ3n) is 5.46. The van der Waals surface area contributed by atoms with Crippen molar-refractivity contribution in [2.24, 2.45) is 0 Å². The third kappa shape index (κ3) is 3.07. The van der Waals surface area contributed by atoms with Gasteiger partial charge >= 0.3 is 0 Å². The smallest absolute Gasteiger partial charge is 0.220 e. The summed E-state index contributed by atoms with van der Waals surface area (Å²) in [5.74, 6) is 0.353. The van der Waals surface area contributed by atoms with E-state index in [1.54, 1.807) is 0 Å². The zero-order chi connectivity index (χ0) is 15.7. The van der Waals surface area contributed by atoms with Crippen LogP contribution >= 0.6 is 0 Å². The number of rotatable bonds is 2. The average molecular weight is 318 g/mol. The Morgan fingerprint density at radius 1 is 1.26 bits per heavy atom. The number of nitrogens with zero attached hydrogens (tertiary/aromatic N) is 3. The molecular weight excluding hydrogens is 292 g/mol. The zero-order valence-corrected chi connectivity index (χ0v) is 13.7. The van der Waals surface area contributed by atoms with E-state index in [1.807, 2.05) is 6.20 Å². The molecule has 0 aliphatic carbocycles. The summed E-state index contributed by atoms with van der Waals surface area (Å²) in [5, 5.41) is 0. The van der Waals surface area contributed by atoms with Crippen molar-refractivity contribution in [3.8, 4) is 0 Å². The number of fused-ring (bicyclic) bond motifs is 2. The Hall–Kier alpha value is -1.24. The van der Waals surface area contributed by atoms with E-state index >= 15 is 0 Å². The molecule has 6 heteroatoms. The van der Waals surface area contributed by atoms with Gasteiger partial charge in [-0.3, -0.25) is 0 Å². The maximum Gasteiger partial charge on any atom is 0.220 e. The quantitative estimate of drug-likeness (QED) is 0.890. The second-order valence-electron chi connectivity index (χ2n) is 6.98. The zero-order valence-electron chi connectivity index (χ0n) is 13.7. The molecule has 1 spiro atoms. The highest BCUT2D eigenvalue weighted by Crippen LogP contribution is 2.40. The van der Waals surface area contributed by atoms with Crippen LogP contribution in [0.1, 0.15) is 43.4 Å². The minimum atomic E-state index is -0.255. The summed E-state index contributed by atoms with van der Waals surface area (Å²) >= 11 is 0. The Balaban J connectivity index is 1.44. The number of nitrogens with two attached hydrogens (primary N) is 1. The Kier molecular flexibility index (Phi) is 4.22. The van der Waals surface area contributed by atoms with Gasteiger partial charge in [0.2, 0.25) is 5.95 Å². The van der Waals surface area contributed by atoms with Crippen molar-refractivity contribution < 1.29 is 9.47 Å². The molecule has 2 N–H and O–H groups in total. The fourth-order valence-electron chi connectivity index (χ4n) is 4.14. The topological polar surface area (TPSA) is 73.5 Å². The van der Waals surface area contributed by atoms with Crippen LogP contribution in [0.3, 0.4) is 0 Å². The minimum Gasteiger partial charge on any atom is -0.377 e. The fourth-order valence-corrected chi connectivity index (χ4v) is 4.14. The lowest BCUT2D eigenvalue weighted by Crippen LogP contribution is -2.49. The fraction of sp³-hybridized carbons (Fsp3) is 0.765. The molecule has 4 heterocycles. The first kappa shape index (κ1) is 15.3. The summed E-state index contributed by atoms with van der Waals surface area (Å²) in [4.78, 5) is 11.2. The highest BCUT2D eigenvalue weighted by Gasteiger charge is 2.42. The van der Waals surface area contributed by atoms with Crippen molar-refractivity contribution in [2.75, 3.05) is 38.6 Å². The van der Waals surface area contributed by atoms with E-state index in [4.69, 9.17) is 15.2 Å². The molecule has 0 radical (unpaired) electrons. The molecule has 126 valence electrons. The molecule has 0 saturated carbocycles. The summed E-state index contributed by atoms with van der Waals surface area (Å²) in [5.41, 5.74) is 7.80. The maximum absolute atomic E-state index is 6.22. The molecule has 1 atom stereocenters. The van der Waals surface area contributed by atoms with Gasteiger partial charge in [0.1, 0.15) is 5.60 Å². The standard InChI is InChI=1S/C17H26N4O2/c18-16-19-11-13-4-10-23-17(15(13)20-16)5-7-21(8-6-17)12-14-3-1-2-9-22-14/h11,14H,1-10,12H2,(H2,18,19,20). The number of aromatic nitrogens is 2. The second kappa shape index (κ2) is 6.34. The molecule has 0 bridgehead atoms. The van der Waals surface area contributed by atoms with Gasteiger partial charge in [0, 0.05) is 32.4 Å². The SMILES string of the molecule is Nc1ncc2c(n1)C1(CCN(CC3CCCCO3)CC1)OCC2. The minimum absolute atomic E-state index is 0.255. The molecule has 0 amide bonds. The van der Waals surface area contributed by atoms with Gasteiger partial charge < -0.3 is 20.1 Å². The van der Waals surface area contributed by atoms with Crippen molar-refractivity contribution >= 4 is 5.95 Å². The van der Waals surface area contributed by atoms with Crippen LogP contribution in [0.5, 0.6) is 0 Å². The Bertz CT molecular complexity index is 552. The molecule has 6 nitrogen and oxygen atoms in total. The van der Waals surface area contributed by atoms with Crippen molar-refractivity contribution in [3.05, 3.63) is 17.5 Å². The highest BCUT2D eigenvalue weighted by atomic mass is 16.5. The molecule has 2 saturated heterocycles. The first-order valence-corrected chi connectivity index (χ1v) is 8.85. The van der Waals surface area contributed by atoms with Gasteiger partial charge in [0.15, 0.2) is 0 Å². The van der Waals surface area contributed by atoms with E-state index in [-0.39, 0.29) is 5.60 Å². The molecule has 1 unspecified atom stereocenters. The van der Waals surface area contributed by atoms with Gasteiger partial charge in [-0.1, -0.05) is 0 Å². The number of hydrogen-bond donors (Lipinski definition) is 1. The Labute approximate surface area is 137 Å². The van der Waals surface area contributed by atoms with E-state index < -0.39 is 0 Å². The molecule has 23 heavy (non-hydrogen) atoms. The van der Waals surface area contributed by atoms with Crippen LogP contribution in [0, 0.1) is 0 Å². The van der Waals surface area contributed by atoms with Gasteiger partial charge in [-0.25, -0.2) is 9.97 Å². The molecule has 0 aromatic carbocycles. The summed E-state index contributed by atoms with van der Waals surface area (Å²) in [6.45, 7) is 4.79. The normalized spacial score (nSPS) is 27.7. The number of ether oxygens (including phenoxy) is 2.